The Hall–Kier alpha value is -1.09. The number of phenolic OH excluding ortho intramolecular Hbond substituents is 1. The molecule has 1 aromatic rings. The van der Waals surface area contributed by atoms with Crippen LogP contribution in [0.3, 0.4) is 0 Å². The average molecular weight is 156 g/mol. The molecular formula is C8H9FO2. The fraction of sp³-hybridized carbons (Fsp3) is 0.250. The second-order valence-electron chi connectivity index (χ2n) is 2.47. The maximum Gasteiger partial charge on any atom is 0.233 e. The van der Waals surface area contributed by atoms with E-state index in [0.29, 0.717) is 0 Å². The summed E-state index contributed by atoms with van der Waals surface area (Å²) in [5.41, 5.74) is -0.111. The molecule has 0 saturated heterocycles. The molecular weight excluding hydrogens is 147 g/mol. The van der Waals surface area contributed by atoms with Crippen molar-refractivity contribution in [1.82, 2.24) is 0 Å². The largest absolute Gasteiger partial charge is 0.507 e. The van der Waals surface area contributed by atoms with E-state index in [9.17, 15) is 4.39 Å². The van der Waals surface area contributed by atoms with Crippen molar-refractivity contribution in [1.29, 1.82) is 0 Å². The van der Waals surface area contributed by atoms with E-state index in [0.717, 1.165) is 6.92 Å². The minimum atomic E-state index is -2.47. The van der Waals surface area contributed by atoms with Gasteiger partial charge in [0.05, 0.1) is 5.56 Å². The topological polar surface area (TPSA) is 40.5 Å². The van der Waals surface area contributed by atoms with Gasteiger partial charge in [0.15, 0.2) is 0 Å². The summed E-state index contributed by atoms with van der Waals surface area (Å²) in [6.45, 7) is 0.974. The van der Waals surface area contributed by atoms with Gasteiger partial charge in [0.2, 0.25) is 5.85 Å². The second-order valence-corrected chi connectivity index (χ2v) is 2.47. The highest BCUT2D eigenvalue weighted by atomic mass is 19.2. The van der Waals surface area contributed by atoms with Crippen molar-refractivity contribution in [2.45, 2.75) is 12.8 Å². The van der Waals surface area contributed by atoms with Crippen molar-refractivity contribution in [3.63, 3.8) is 0 Å². The van der Waals surface area contributed by atoms with E-state index in [4.69, 9.17) is 10.2 Å². The summed E-state index contributed by atoms with van der Waals surface area (Å²) in [7, 11) is 0. The van der Waals surface area contributed by atoms with Gasteiger partial charge in [-0.25, -0.2) is 4.39 Å². The molecule has 0 aliphatic carbocycles. The lowest BCUT2D eigenvalue weighted by atomic mass is 10.1. The predicted octanol–water partition coefficient (Wildman–Crippen LogP) is 1.53. The number of benzene rings is 1. The second kappa shape index (κ2) is 2.51. The van der Waals surface area contributed by atoms with Gasteiger partial charge in [0, 0.05) is 0 Å². The normalized spacial score (nSPS) is 15.9. The maximum atomic E-state index is 12.8. The van der Waals surface area contributed by atoms with Crippen molar-refractivity contribution in [3.05, 3.63) is 29.8 Å². The molecule has 0 radical (unpaired) electrons. The highest BCUT2D eigenvalue weighted by Gasteiger charge is 2.24. The summed E-state index contributed by atoms with van der Waals surface area (Å²) in [5, 5.41) is 17.9. The smallest absolute Gasteiger partial charge is 0.233 e. The molecule has 0 saturated carbocycles. The lowest BCUT2D eigenvalue weighted by Gasteiger charge is -2.13. The van der Waals surface area contributed by atoms with E-state index in [-0.39, 0.29) is 11.3 Å². The lowest BCUT2D eigenvalue weighted by molar-refractivity contribution is -0.0783. The Balaban J connectivity index is 3.14. The maximum absolute atomic E-state index is 12.8. The molecule has 3 heteroatoms. The predicted molar refractivity (Wildman–Crippen MR) is 38.8 cm³/mol. The fourth-order valence-electron chi connectivity index (χ4n) is 0.859. The number of alkyl halides is 1. The number of aromatic hydroxyl groups is 1. The monoisotopic (exact) mass is 156 g/mol. The molecule has 1 unspecified atom stereocenters. The highest BCUT2D eigenvalue weighted by Crippen LogP contribution is 2.29. The molecule has 1 atom stereocenters. The summed E-state index contributed by atoms with van der Waals surface area (Å²) in [4.78, 5) is 0. The van der Waals surface area contributed by atoms with E-state index in [1.165, 1.54) is 12.1 Å². The van der Waals surface area contributed by atoms with Crippen LogP contribution in [0.2, 0.25) is 0 Å². The fourth-order valence-corrected chi connectivity index (χ4v) is 0.859. The summed E-state index contributed by atoms with van der Waals surface area (Å²) >= 11 is 0. The van der Waals surface area contributed by atoms with Crippen molar-refractivity contribution in [2.24, 2.45) is 0 Å². The SMILES string of the molecule is CC(O)(F)c1ccccc1O. The van der Waals surface area contributed by atoms with Gasteiger partial charge in [-0.3, -0.25) is 0 Å². The molecule has 0 aliphatic rings. The van der Waals surface area contributed by atoms with E-state index in [1.54, 1.807) is 12.1 Å². The molecule has 0 aliphatic heterocycles. The van der Waals surface area contributed by atoms with Gasteiger partial charge in [0.1, 0.15) is 5.75 Å². The van der Waals surface area contributed by atoms with Gasteiger partial charge in [-0.2, -0.15) is 0 Å². The molecule has 2 nitrogen and oxygen atoms in total. The molecule has 60 valence electrons. The third-order valence-corrected chi connectivity index (χ3v) is 1.40. The van der Waals surface area contributed by atoms with Crippen LogP contribution in [0.15, 0.2) is 24.3 Å². The van der Waals surface area contributed by atoms with Crippen LogP contribution >= 0.6 is 0 Å². The Morgan fingerprint density at radius 2 is 1.91 bits per heavy atom. The number of para-hydroxylation sites is 1. The third-order valence-electron chi connectivity index (χ3n) is 1.40. The minimum Gasteiger partial charge on any atom is -0.507 e. The molecule has 0 fully saturated rings. The van der Waals surface area contributed by atoms with Crippen LogP contribution in [0.1, 0.15) is 12.5 Å². The van der Waals surface area contributed by atoms with Crippen LogP contribution in [0, 0.1) is 0 Å². The highest BCUT2D eigenvalue weighted by molar-refractivity contribution is 5.34. The zero-order chi connectivity index (χ0) is 8.48. The number of rotatable bonds is 1. The van der Waals surface area contributed by atoms with E-state index in [1.807, 2.05) is 0 Å². The first-order valence-electron chi connectivity index (χ1n) is 3.21. The molecule has 0 heterocycles. The van der Waals surface area contributed by atoms with Crippen LogP contribution in [0.5, 0.6) is 5.75 Å². The Labute approximate surface area is 63.9 Å². The standard InChI is InChI=1S/C8H9FO2/c1-8(9,11)6-4-2-3-5-7(6)10/h2-5,10-11H,1H3. The first-order chi connectivity index (χ1) is 5.02. The van der Waals surface area contributed by atoms with Crippen LogP contribution in [0.25, 0.3) is 0 Å². The third kappa shape index (κ3) is 1.68. The number of halogens is 1. The number of hydrogen-bond donors (Lipinski definition) is 2. The molecule has 0 amide bonds. The Kier molecular flexibility index (Phi) is 1.83. The number of phenols is 1. The van der Waals surface area contributed by atoms with Gasteiger partial charge in [-0.1, -0.05) is 12.1 Å². The number of hydrogen-bond acceptors (Lipinski definition) is 2. The van der Waals surface area contributed by atoms with Crippen molar-refractivity contribution in [2.75, 3.05) is 0 Å². The van der Waals surface area contributed by atoms with Gasteiger partial charge >= 0.3 is 0 Å². The minimum absolute atomic E-state index is 0.111. The molecule has 2 N–H and O–H groups in total. The lowest BCUT2D eigenvalue weighted by Crippen LogP contribution is -2.13. The van der Waals surface area contributed by atoms with Gasteiger partial charge < -0.3 is 10.2 Å². The van der Waals surface area contributed by atoms with Gasteiger partial charge in [0.25, 0.3) is 0 Å². The molecule has 0 spiro atoms. The van der Waals surface area contributed by atoms with Gasteiger partial charge in [-0.05, 0) is 19.1 Å². The molecule has 1 rings (SSSR count). The van der Waals surface area contributed by atoms with Gasteiger partial charge in [-0.15, -0.1) is 0 Å². The molecule has 1 aromatic carbocycles. The summed E-state index contributed by atoms with van der Waals surface area (Å²) in [6, 6.07) is 5.76. The number of aliphatic hydroxyl groups is 1. The van der Waals surface area contributed by atoms with E-state index < -0.39 is 5.85 Å². The Bertz CT molecular complexity index is 253. The summed E-state index contributed by atoms with van der Waals surface area (Å²) < 4.78 is 12.8. The zero-order valence-electron chi connectivity index (χ0n) is 6.08. The van der Waals surface area contributed by atoms with Crippen LogP contribution < -0.4 is 0 Å². The molecule has 11 heavy (non-hydrogen) atoms. The van der Waals surface area contributed by atoms with Crippen molar-refractivity contribution < 1.29 is 14.6 Å². The first-order valence-corrected chi connectivity index (χ1v) is 3.21. The van der Waals surface area contributed by atoms with E-state index >= 15 is 0 Å². The summed E-state index contributed by atoms with van der Waals surface area (Å²) in [6.07, 6.45) is 0. The van der Waals surface area contributed by atoms with Crippen molar-refractivity contribution in [3.8, 4) is 5.75 Å². The first kappa shape index (κ1) is 8.01. The average Bonchev–Trinajstić information content (AvgIpc) is 1.86. The van der Waals surface area contributed by atoms with Crippen LogP contribution in [-0.2, 0) is 5.85 Å². The summed E-state index contributed by atoms with van der Waals surface area (Å²) in [5.74, 6) is -2.70. The van der Waals surface area contributed by atoms with Crippen molar-refractivity contribution >= 4 is 0 Å². The van der Waals surface area contributed by atoms with E-state index in [2.05, 4.69) is 0 Å². The molecule has 0 bridgehead atoms. The zero-order valence-corrected chi connectivity index (χ0v) is 6.08. The Morgan fingerprint density at radius 1 is 1.36 bits per heavy atom. The molecule has 0 aromatic heterocycles. The van der Waals surface area contributed by atoms with Crippen LogP contribution in [-0.4, -0.2) is 10.2 Å². The Morgan fingerprint density at radius 3 is 2.27 bits per heavy atom. The quantitative estimate of drug-likeness (QED) is 0.647. The van der Waals surface area contributed by atoms with Crippen LogP contribution in [0.4, 0.5) is 4.39 Å².